The summed E-state index contributed by atoms with van der Waals surface area (Å²) in [6.45, 7) is 9.85. The molecular formula is C14H26IN3O2. The smallest absolute Gasteiger partial charge is 0.191 e. The largest absolute Gasteiger partial charge is 0.377 e. The second kappa shape index (κ2) is 5.96. The van der Waals surface area contributed by atoms with Crippen LogP contribution in [-0.4, -0.2) is 55.4 Å². The zero-order chi connectivity index (χ0) is 13.6. The Hall–Kier alpha value is -0.0800. The molecule has 116 valence electrons. The van der Waals surface area contributed by atoms with Gasteiger partial charge in [-0.3, -0.25) is 0 Å². The van der Waals surface area contributed by atoms with E-state index in [1.54, 1.807) is 0 Å². The zero-order valence-electron chi connectivity index (χ0n) is 12.5. The van der Waals surface area contributed by atoms with E-state index in [1.807, 2.05) is 0 Å². The standard InChI is InChI=1S/C14H25N3O2.HI/c1-9-8-17(5-7-18-9)13(15)16-11-10-4-6-19-12(10)14(11,2)3;/h9-12H,4-8H2,1-3H3,(H2,15,16);1H. The van der Waals surface area contributed by atoms with Crippen LogP contribution in [0.4, 0.5) is 0 Å². The highest BCUT2D eigenvalue weighted by Crippen LogP contribution is 2.53. The molecule has 1 aliphatic carbocycles. The van der Waals surface area contributed by atoms with Gasteiger partial charge in [-0.15, -0.1) is 24.0 Å². The van der Waals surface area contributed by atoms with Crippen LogP contribution in [0.5, 0.6) is 0 Å². The Balaban J connectivity index is 0.00000147. The van der Waals surface area contributed by atoms with Crippen molar-refractivity contribution in [3.05, 3.63) is 0 Å². The van der Waals surface area contributed by atoms with Crippen LogP contribution >= 0.6 is 24.0 Å². The van der Waals surface area contributed by atoms with E-state index in [9.17, 15) is 0 Å². The SMILES string of the molecule is CC1CN(C(N)=NC2C3CCOC3C2(C)C)CCO1.I. The van der Waals surface area contributed by atoms with Gasteiger partial charge in [-0.2, -0.15) is 0 Å². The highest BCUT2D eigenvalue weighted by atomic mass is 127. The lowest BCUT2D eigenvalue weighted by molar-refractivity contribution is -0.0990. The number of nitrogens with zero attached hydrogens (tertiary/aromatic N) is 2. The summed E-state index contributed by atoms with van der Waals surface area (Å²) < 4.78 is 11.3. The minimum atomic E-state index is 0. The molecule has 0 bridgehead atoms. The summed E-state index contributed by atoms with van der Waals surface area (Å²) >= 11 is 0. The van der Waals surface area contributed by atoms with Crippen molar-refractivity contribution in [2.45, 2.75) is 45.4 Å². The van der Waals surface area contributed by atoms with Crippen molar-refractivity contribution in [2.24, 2.45) is 22.1 Å². The molecule has 3 fully saturated rings. The van der Waals surface area contributed by atoms with E-state index in [1.165, 1.54) is 0 Å². The predicted molar refractivity (Wildman–Crippen MR) is 89.4 cm³/mol. The molecule has 0 aromatic rings. The van der Waals surface area contributed by atoms with Crippen molar-refractivity contribution in [3.8, 4) is 0 Å². The molecule has 0 spiro atoms. The first-order valence-corrected chi connectivity index (χ1v) is 7.31. The van der Waals surface area contributed by atoms with Gasteiger partial charge < -0.3 is 20.1 Å². The Kier molecular flexibility index (Phi) is 4.86. The lowest BCUT2D eigenvalue weighted by Crippen LogP contribution is -2.60. The van der Waals surface area contributed by atoms with Crippen molar-refractivity contribution in [2.75, 3.05) is 26.3 Å². The first kappa shape index (κ1) is 16.3. The maximum Gasteiger partial charge on any atom is 0.191 e. The molecule has 0 aromatic heterocycles. The second-order valence-corrected chi connectivity index (χ2v) is 6.62. The number of hydrogen-bond acceptors (Lipinski definition) is 3. The average Bonchev–Trinajstić information content (AvgIpc) is 2.82. The number of morpholine rings is 1. The Morgan fingerprint density at radius 2 is 2.05 bits per heavy atom. The van der Waals surface area contributed by atoms with E-state index in [0.717, 1.165) is 32.7 Å². The van der Waals surface area contributed by atoms with E-state index < -0.39 is 0 Å². The van der Waals surface area contributed by atoms with Gasteiger partial charge in [-0.05, 0) is 13.3 Å². The molecule has 0 aromatic carbocycles. The first-order valence-electron chi connectivity index (χ1n) is 7.31. The van der Waals surface area contributed by atoms with Crippen LogP contribution in [0.2, 0.25) is 0 Å². The Morgan fingerprint density at radius 3 is 2.75 bits per heavy atom. The molecule has 0 amide bonds. The number of hydrogen-bond donors (Lipinski definition) is 1. The minimum absolute atomic E-state index is 0. The monoisotopic (exact) mass is 395 g/mol. The first-order chi connectivity index (χ1) is 9.00. The fraction of sp³-hybridized carbons (Fsp3) is 0.929. The van der Waals surface area contributed by atoms with E-state index in [-0.39, 0.29) is 35.5 Å². The highest BCUT2D eigenvalue weighted by Gasteiger charge is 2.59. The molecule has 2 heterocycles. The zero-order valence-corrected chi connectivity index (χ0v) is 14.9. The van der Waals surface area contributed by atoms with Crippen molar-refractivity contribution in [1.82, 2.24) is 4.90 Å². The Bertz CT molecular complexity index is 389. The maximum atomic E-state index is 6.20. The molecule has 0 radical (unpaired) electrons. The molecule has 2 N–H and O–H groups in total. The average molecular weight is 395 g/mol. The van der Waals surface area contributed by atoms with Crippen LogP contribution in [0.15, 0.2) is 4.99 Å². The van der Waals surface area contributed by atoms with Crippen molar-refractivity contribution < 1.29 is 9.47 Å². The van der Waals surface area contributed by atoms with Crippen LogP contribution in [0.1, 0.15) is 27.2 Å². The molecule has 20 heavy (non-hydrogen) atoms. The second-order valence-electron chi connectivity index (χ2n) is 6.62. The molecule has 4 unspecified atom stereocenters. The third-order valence-electron chi connectivity index (χ3n) is 4.88. The van der Waals surface area contributed by atoms with Gasteiger partial charge in [-0.1, -0.05) is 13.8 Å². The third kappa shape index (κ3) is 2.66. The van der Waals surface area contributed by atoms with Crippen molar-refractivity contribution >= 4 is 29.9 Å². The predicted octanol–water partition coefficient (Wildman–Crippen LogP) is 1.45. The fourth-order valence-electron chi connectivity index (χ4n) is 3.81. The van der Waals surface area contributed by atoms with Gasteiger partial charge in [0.1, 0.15) is 0 Å². The lowest BCUT2D eigenvalue weighted by atomic mass is 9.57. The van der Waals surface area contributed by atoms with Gasteiger partial charge in [0.25, 0.3) is 0 Å². The molecule has 5 nitrogen and oxygen atoms in total. The van der Waals surface area contributed by atoms with Gasteiger partial charge in [-0.25, -0.2) is 4.99 Å². The summed E-state index contributed by atoms with van der Waals surface area (Å²) in [5, 5.41) is 0. The van der Waals surface area contributed by atoms with Gasteiger partial charge >= 0.3 is 0 Å². The molecular weight excluding hydrogens is 369 g/mol. The quantitative estimate of drug-likeness (QED) is 0.415. The molecule has 3 aliphatic rings. The number of rotatable bonds is 1. The van der Waals surface area contributed by atoms with Crippen molar-refractivity contribution in [3.63, 3.8) is 0 Å². The number of fused-ring (bicyclic) bond motifs is 1. The Morgan fingerprint density at radius 1 is 1.30 bits per heavy atom. The summed E-state index contributed by atoms with van der Waals surface area (Å²) in [7, 11) is 0. The molecule has 1 saturated carbocycles. The maximum absolute atomic E-state index is 6.20. The molecule has 2 saturated heterocycles. The van der Waals surface area contributed by atoms with E-state index in [2.05, 4.69) is 25.7 Å². The normalized spacial score (nSPS) is 39.8. The van der Waals surface area contributed by atoms with Crippen LogP contribution in [0.3, 0.4) is 0 Å². The van der Waals surface area contributed by atoms with Gasteiger partial charge in [0.15, 0.2) is 5.96 Å². The number of aliphatic imine (C=N–C) groups is 1. The van der Waals surface area contributed by atoms with Crippen molar-refractivity contribution in [1.29, 1.82) is 0 Å². The minimum Gasteiger partial charge on any atom is -0.377 e. The number of ether oxygens (including phenoxy) is 2. The van der Waals surface area contributed by atoms with Crippen LogP contribution < -0.4 is 5.73 Å². The summed E-state index contributed by atoms with van der Waals surface area (Å²) in [5.41, 5.74) is 6.32. The van der Waals surface area contributed by atoms with E-state index in [4.69, 9.17) is 20.2 Å². The Labute approximate surface area is 138 Å². The fourth-order valence-corrected chi connectivity index (χ4v) is 3.81. The van der Waals surface area contributed by atoms with Gasteiger partial charge in [0, 0.05) is 31.0 Å². The molecule has 4 atom stereocenters. The third-order valence-corrected chi connectivity index (χ3v) is 4.88. The van der Waals surface area contributed by atoms with Gasteiger partial charge in [0.2, 0.25) is 0 Å². The van der Waals surface area contributed by atoms with E-state index >= 15 is 0 Å². The molecule has 6 heteroatoms. The van der Waals surface area contributed by atoms with E-state index in [0.29, 0.717) is 24.0 Å². The van der Waals surface area contributed by atoms with Crippen LogP contribution in [0.25, 0.3) is 0 Å². The summed E-state index contributed by atoms with van der Waals surface area (Å²) in [6, 6.07) is 0.304. The van der Waals surface area contributed by atoms with Crippen LogP contribution in [-0.2, 0) is 9.47 Å². The molecule has 2 aliphatic heterocycles. The highest BCUT2D eigenvalue weighted by molar-refractivity contribution is 14.0. The lowest BCUT2D eigenvalue weighted by Gasteiger charge is -2.52. The number of halogens is 1. The number of nitrogens with two attached hydrogens (primary N) is 1. The summed E-state index contributed by atoms with van der Waals surface area (Å²) in [6.07, 6.45) is 1.73. The number of guanidine groups is 1. The topological polar surface area (TPSA) is 60.1 Å². The van der Waals surface area contributed by atoms with Crippen LogP contribution in [0, 0.1) is 11.3 Å². The van der Waals surface area contributed by atoms with Gasteiger partial charge in [0.05, 0.1) is 24.9 Å². The summed E-state index contributed by atoms with van der Waals surface area (Å²) in [4.78, 5) is 6.97. The molecule has 3 rings (SSSR count). The summed E-state index contributed by atoms with van der Waals surface area (Å²) in [5.74, 6) is 1.24.